The molecule has 0 aromatic heterocycles. The topological polar surface area (TPSA) is 64.9 Å². The lowest BCUT2D eigenvalue weighted by Crippen LogP contribution is -2.80. The van der Waals surface area contributed by atoms with Gasteiger partial charge in [0.05, 0.1) is 0 Å². The van der Waals surface area contributed by atoms with Crippen LogP contribution in [0.4, 0.5) is 0 Å². The van der Waals surface area contributed by atoms with E-state index in [9.17, 15) is 4.79 Å². The minimum atomic E-state index is -0.732. The van der Waals surface area contributed by atoms with Crippen molar-refractivity contribution < 1.29 is 15.6 Å². The maximum absolute atomic E-state index is 10.8. The Morgan fingerprint density at radius 2 is 2.27 bits per heavy atom. The molecule has 0 bridgehead atoms. The van der Waals surface area contributed by atoms with Crippen molar-refractivity contribution in [2.75, 3.05) is 0 Å². The Labute approximate surface area is 66.6 Å². The highest BCUT2D eigenvalue weighted by Gasteiger charge is 2.45. The van der Waals surface area contributed by atoms with E-state index in [0.29, 0.717) is 0 Å². The van der Waals surface area contributed by atoms with E-state index < -0.39 is 11.5 Å². The fraction of sp³-hybridized carbons (Fsp3) is 0.875. The molecule has 1 aliphatic carbocycles. The number of hydrogen-bond acceptors (Lipinski definition) is 1. The Kier molecular flexibility index (Phi) is 2.18. The Morgan fingerprint density at radius 1 is 1.64 bits per heavy atom. The fourth-order valence-electron chi connectivity index (χ4n) is 1.73. The van der Waals surface area contributed by atoms with E-state index in [-0.39, 0.29) is 5.92 Å². The minimum Gasteiger partial charge on any atom is -0.477 e. The first kappa shape index (κ1) is 8.53. The SMILES string of the molecule is C[C@H]1CCCC[C@@]1([NH3+])C(=O)O. The van der Waals surface area contributed by atoms with Gasteiger partial charge in [-0.1, -0.05) is 13.3 Å². The van der Waals surface area contributed by atoms with Crippen LogP contribution >= 0.6 is 0 Å². The van der Waals surface area contributed by atoms with Crippen molar-refractivity contribution in [3.8, 4) is 0 Å². The summed E-state index contributed by atoms with van der Waals surface area (Å²) in [7, 11) is 0. The average Bonchev–Trinajstić information content (AvgIpc) is 1.95. The minimum absolute atomic E-state index is 0.230. The number of quaternary nitrogens is 1. The third-order valence-corrected chi connectivity index (χ3v) is 2.88. The predicted octanol–water partition coefficient (Wildman–Crippen LogP) is 0.262. The van der Waals surface area contributed by atoms with Crippen LogP contribution in [0.25, 0.3) is 0 Å². The van der Waals surface area contributed by atoms with Crippen LogP contribution in [0.5, 0.6) is 0 Å². The largest absolute Gasteiger partial charge is 0.477 e. The molecule has 2 atom stereocenters. The van der Waals surface area contributed by atoms with Gasteiger partial charge in [-0.3, -0.25) is 0 Å². The Bertz CT molecular complexity index is 169. The van der Waals surface area contributed by atoms with E-state index in [4.69, 9.17) is 5.11 Å². The van der Waals surface area contributed by atoms with Gasteiger partial charge in [0.25, 0.3) is 0 Å². The fourth-order valence-corrected chi connectivity index (χ4v) is 1.73. The molecule has 1 saturated carbocycles. The summed E-state index contributed by atoms with van der Waals surface area (Å²) in [5.74, 6) is -0.501. The Morgan fingerprint density at radius 3 is 2.64 bits per heavy atom. The van der Waals surface area contributed by atoms with Crippen LogP contribution in [-0.4, -0.2) is 16.6 Å². The zero-order valence-electron chi connectivity index (χ0n) is 6.97. The summed E-state index contributed by atoms with van der Waals surface area (Å²) in [6, 6.07) is 0. The van der Waals surface area contributed by atoms with Crippen LogP contribution in [0.2, 0.25) is 0 Å². The predicted molar refractivity (Wildman–Crippen MR) is 40.9 cm³/mol. The second-order valence-corrected chi connectivity index (χ2v) is 3.61. The second kappa shape index (κ2) is 2.81. The van der Waals surface area contributed by atoms with E-state index in [0.717, 1.165) is 25.7 Å². The van der Waals surface area contributed by atoms with Crippen molar-refractivity contribution in [3.05, 3.63) is 0 Å². The summed E-state index contributed by atoms with van der Waals surface area (Å²) >= 11 is 0. The molecule has 0 radical (unpaired) electrons. The first-order valence-corrected chi connectivity index (χ1v) is 4.16. The molecule has 1 aliphatic rings. The first-order valence-electron chi connectivity index (χ1n) is 4.16. The first-order chi connectivity index (χ1) is 5.07. The van der Waals surface area contributed by atoms with E-state index in [1.165, 1.54) is 0 Å². The highest BCUT2D eigenvalue weighted by Crippen LogP contribution is 2.29. The highest BCUT2D eigenvalue weighted by atomic mass is 16.4. The number of rotatable bonds is 1. The van der Waals surface area contributed by atoms with Crippen LogP contribution in [0.15, 0.2) is 0 Å². The van der Waals surface area contributed by atoms with Crippen molar-refractivity contribution in [3.63, 3.8) is 0 Å². The Balaban J connectivity index is 2.72. The molecule has 0 aromatic carbocycles. The van der Waals surface area contributed by atoms with Gasteiger partial charge in [-0.25, -0.2) is 4.79 Å². The van der Waals surface area contributed by atoms with E-state index in [2.05, 4.69) is 5.73 Å². The second-order valence-electron chi connectivity index (χ2n) is 3.61. The zero-order valence-corrected chi connectivity index (χ0v) is 6.97. The zero-order chi connectivity index (χ0) is 8.48. The summed E-state index contributed by atoms with van der Waals surface area (Å²) in [4.78, 5) is 10.8. The van der Waals surface area contributed by atoms with Crippen molar-refractivity contribution in [2.45, 2.75) is 38.1 Å². The molecule has 3 heteroatoms. The Hall–Kier alpha value is -0.570. The summed E-state index contributed by atoms with van der Waals surface area (Å²) < 4.78 is 0. The molecule has 4 N–H and O–H groups in total. The van der Waals surface area contributed by atoms with Gasteiger partial charge in [0.2, 0.25) is 0 Å². The molecular formula is C8H16NO2+. The molecule has 11 heavy (non-hydrogen) atoms. The third kappa shape index (κ3) is 1.38. The maximum Gasteiger partial charge on any atom is 0.365 e. The lowest BCUT2D eigenvalue weighted by atomic mass is 9.74. The van der Waals surface area contributed by atoms with Gasteiger partial charge < -0.3 is 10.8 Å². The van der Waals surface area contributed by atoms with Gasteiger partial charge in [-0.05, 0) is 12.8 Å². The number of carbonyl (C=O) groups is 1. The van der Waals surface area contributed by atoms with Crippen molar-refractivity contribution in [1.82, 2.24) is 0 Å². The van der Waals surface area contributed by atoms with Crippen molar-refractivity contribution >= 4 is 5.97 Å². The smallest absolute Gasteiger partial charge is 0.365 e. The van der Waals surface area contributed by atoms with Crippen LogP contribution in [0, 0.1) is 5.92 Å². The van der Waals surface area contributed by atoms with E-state index >= 15 is 0 Å². The van der Waals surface area contributed by atoms with Gasteiger partial charge in [0.1, 0.15) is 0 Å². The molecule has 64 valence electrons. The molecule has 1 fully saturated rings. The van der Waals surface area contributed by atoms with Gasteiger partial charge >= 0.3 is 5.97 Å². The molecule has 1 rings (SSSR count). The quantitative estimate of drug-likeness (QED) is 0.575. The van der Waals surface area contributed by atoms with Crippen LogP contribution in [0.1, 0.15) is 32.6 Å². The van der Waals surface area contributed by atoms with Crippen LogP contribution in [0.3, 0.4) is 0 Å². The summed E-state index contributed by atoms with van der Waals surface area (Å²) in [5, 5.41) is 8.91. The van der Waals surface area contributed by atoms with E-state index in [1.807, 2.05) is 6.92 Å². The van der Waals surface area contributed by atoms with Crippen LogP contribution in [-0.2, 0) is 4.79 Å². The molecule has 0 unspecified atom stereocenters. The van der Waals surface area contributed by atoms with Crippen molar-refractivity contribution in [1.29, 1.82) is 0 Å². The maximum atomic E-state index is 10.8. The molecule has 0 heterocycles. The standard InChI is InChI=1S/C8H15NO2/c1-6-4-2-3-5-8(6,9)7(10)11/h6H,2-5,9H2,1H3,(H,10,11)/p+1/t6-,8-/m0/s1. The highest BCUT2D eigenvalue weighted by molar-refractivity contribution is 5.77. The van der Waals surface area contributed by atoms with Gasteiger partial charge in [-0.2, -0.15) is 0 Å². The summed E-state index contributed by atoms with van der Waals surface area (Å²) in [5.41, 5.74) is 3.11. The average molecular weight is 158 g/mol. The normalized spacial score (nSPS) is 38.5. The number of hydrogen-bond donors (Lipinski definition) is 2. The number of carboxylic acid groups (broad SMARTS) is 1. The van der Waals surface area contributed by atoms with E-state index in [1.54, 1.807) is 0 Å². The van der Waals surface area contributed by atoms with Crippen LogP contribution < -0.4 is 5.73 Å². The summed E-state index contributed by atoms with van der Waals surface area (Å²) in [6.45, 7) is 1.99. The lowest BCUT2D eigenvalue weighted by Gasteiger charge is -2.31. The summed E-state index contributed by atoms with van der Waals surface area (Å²) in [6.07, 6.45) is 3.92. The van der Waals surface area contributed by atoms with Crippen molar-refractivity contribution in [2.24, 2.45) is 5.92 Å². The molecule has 0 amide bonds. The number of aliphatic carboxylic acids is 1. The third-order valence-electron chi connectivity index (χ3n) is 2.88. The molecule has 3 nitrogen and oxygen atoms in total. The lowest BCUT2D eigenvalue weighted by molar-refractivity contribution is -0.480. The monoisotopic (exact) mass is 158 g/mol. The molecular weight excluding hydrogens is 142 g/mol. The molecule has 0 aliphatic heterocycles. The van der Waals surface area contributed by atoms with Gasteiger partial charge in [0.15, 0.2) is 5.54 Å². The molecule has 0 aromatic rings. The van der Waals surface area contributed by atoms with Gasteiger partial charge in [0, 0.05) is 12.3 Å². The number of carboxylic acids is 1. The molecule has 0 spiro atoms. The van der Waals surface area contributed by atoms with Gasteiger partial charge in [-0.15, -0.1) is 0 Å². The molecule has 0 saturated heterocycles.